The number of benzene rings is 2. The highest BCUT2D eigenvalue weighted by molar-refractivity contribution is 6.30. The lowest BCUT2D eigenvalue weighted by Gasteiger charge is -2.19. The van der Waals surface area contributed by atoms with Crippen LogP contribution in [0.4, 0.5) is 0 Å². The summed E-state index contributed by atoms with van der Waals surface area (Å²) in [6.07, 6.45) is 2.28. The zero-order chi connectivity index (χ0) is 16.5. The molecule has 4 rings (SSSR count). The second-order valence-corrected chi connectivity index (χ2v) is 6.61. The van der Waals surface area contributed by atoms with Gasteiger partial charge >= 0.3 is 0 Å². The molecule has 0 saturated heterocycles. The van der Waals surface area contributed by atoms with Gasteiger partial charge in [-0.15, -0.1) is 5.10 Å². The first kappa shape index (κ1) is 15.1. The lowest BCUT2D eigenvalue weighted by molar-refractivity contribution is -0.122. The molecule has 0 unspecified atom stereocenters. The summed E-state index contributed by atoms with van der Waals surface area (Å²) in [4.78, 5) is 12.5. The fraction of sp³-hybridized carbons (Fsp3) is 0.278. The largest absolute Gasteiger partial charge is 0.347 e. The minimum atomic E-state index is -0.0579. The van der Waals surface area contributed by atoms with Gasteiger partial charge < -0.3 is 5.32 Å². The van der Waals surface area contributed by atoms with Crippen LogP contribution in [0, 0.1) is 5.92 Å². The van der Waals surface area contributed by atoms with Crippen molar-refractivity contribution < 1.29 is 4.79 Å². The van der Waals surface area contributed by atoms with E-state index < -0.39 is 0 Å². The number of carbonyl (C=O) groups is 1. The normalized spacial score (nSPS) is 15.4. The fourth-order valence-electron chi connectivity index (χ4n) is 2.96. The molecule has 1 saturated carbocycles. The van der Waals surface area contributed by atoms with Crippen molar-refractivity contribution in [2.45, 2.75) is 25.4 Å². The molecule has 0 spiro atoms. The Bertz CT molecular complexity index is 870. The van der Waals surface area contributed by atoms with Gasteiger partial charge in [0.2, 0.25) is 5.91 Å². The summed E-state index contributed by atoms with van der Waals surface area (Å²) < 4.78 is 1.64. The van der Waals surface area contributed by atoms with E-state index in [1.807, 2.05) is 48.5 Å². The first-order valence-corrected chi connectivity index (χ1v) is 8.41. The Balaban J connectivity index is 1.50. The number of hydrogen-bond acceptors (Lipinski definition) is 3. The molecule has 122 valence electrons. The monoisotopic (exact) mass is 340 g/mol. The first-order valence-electron chi connectivity index (χ1n) is 8.04. The summed E-state index contributed by atoms with van der Waals surface area (Å²) in [5.74, 6) is 0.445. The number of nitrogens with one attached hydrogen (secondary N) is 1. The van der Waals surface area contributed by atoms with Gasteiger partial charge in [-0.25, -0.2) is 4.68 Å². The van der Waals surface area contributed by atoms with Crippen LogP contribution in [-0.2, 0) is 11.3 Å². The van der Waals surface area contributed by atoms with Crippen LogP contribution in [0.5, 0.6) is 0 Å². The smallest absolute Gasteiger partial charge is 0.242 e. The molecule has 0 radical (unpaired) electrons. The van der Waals surface area contributed by atoms with E-state index >= 15 is 0 Å². The van der Waals surface area contributed by atoms with E-state index in [1.165, 1.54) is 0 Å². The number of carbonyl (C=O) groups excluding carboxylic acids is 1. The van der Waals surface area contributed by atoms with Crippen LogP contribution >= 0.6 is 11.6 Å². The van der Waals surface area contributed by atoms with Crippen molar-refractivity contribution in [1.29, 1.82) is 0 Å². The number of nitrogens with zero attached hydrogens (tertiary/aromatic N) is 3. The average Bonchev–Trinajstić information content (AvgIpc) is 3.36. The van der Waals surface area contributed by atoms with E-state index in [4.69, 9.17) is 11.6 Å². The molecule has 0 bridgehead atoms. The van der Waals surface area contributed by atoms with E-state index in [-0.39, 0.29) is 18.5 Å². The van der Waals surface area contributed by atoms with Crippen LogP contribution < -0.4 is 5.32 Å². The summed E-state index contributed by atoms with van der Waals surface area (Å²) in [5, 5.41) is 12.0. The van der Waals surface area contributed by atoms with Crippen molar-refractivity contribution in [3.05, 3.63) is 59.1 Å². The third-order valence-electron chi connectivity index (χ3n) is 4.35. The van der Waals surface area contributed by atoms with Crippen LogP contribution in [-0.4, -0.2) is 20.9 Å². The quantitative estimate of drug-likeness (QED) is 0.774. The van der Waals surface area contributed by atoms with Crippen molar-refractivity contribution in [2.24, 2.45) is 5.92 Å². The Labute approximate surface area is 144 Å². The molecule has 1 fully saturated rings. The predicted molar refractivity (Wildman–Crippen MR) is 92.6 cm³/mol. The van der Waals surface area contributed by atoms with Crippen molar-refractivity contribution >= 4 is 28.5 Å². The molecule has 1 heterocycles. The predicted octanol–water partition coefficient (Wildman–Crippen LogP) is 3.35. The maximum atomic E-state index is 12.5. The molecule has 1 atom stereocenters. The summed E-state index contributed by atoms with van der Waals surface area (Å²) in [6, 6.07) is 15.4. The van der Waals surface area contributed by atoms with Crippen LogP contribution in [0.1, 0.15) is 24.4 Å². The highest BCUT2D eigenvalue weighted by atomic mass is 35.5. The molecule has 1 amide bonds. The van der Waals surface area contributed by atoms with E-state index in [2.05, 4.69) is 15.6 Å². The number of hydrogen-bond donors (Lipinski definition) is 1. The number of para-hydroxylation sites is 1. The van der Waals surface area contributed by atoms with E-state index in [0.29, 0.717) is 10.9 Å². The van der Waals surface area contributed by atoms with E-state index in [0.717, 1.165) is 29.4 Å². The van der Waals surface area contributed by atoms with Crippen LogP contribution in [0.15, 0.2) is 48.5 Å². The van der Waals surface area contributed by atoms with Gasteiger partial charge in [0.25, 0.3) is 0 Å². The standard InChI is InChI=1S/C18H17ClN4O/c19-14-9-7-13(8-10-14)18(12-5-6-12)20-17(24)11-23-16-4-2-1-3-15(16)21-22-23/h1-4,7-10,12,18H,5-6,11H2,(H,20,24)/t18-/m1/s1. The SMILES string of the molecule is O=C(Cn1nnc2ccccc21)N[C@@H](c1ccc(Cl)cc1)C1CC1. The van der Waals surface area contributed by atoms with Gasteiger partial charge in [0.05, 0.1) is 11.6 Å². The average molecular weight is 341 g/mol. The Morgan fingerprint density at radius 2 is 1.96 bits per heavy atom. The highest BCUT2D eigenvalue weighted by Crippen LogP contribution is 2.41. The number of halogens is 1. The van der Waals surface area contributed by atoms with Gasteiger partial charge in [0, 0.05) is 5.02 Å². The second-order valence-electron chi connectivity index (χ2n) is 6.17. The Morgan fingerprint density at radius 3 is 2.71 bits per heavy atom. The summed E-state index contributed by atoms with van der Waals surface area (Å²) in [6.45, 7) is 0.164. The molecule has 1 aliphatic rings. The maximum Gasteiger partial charge on any atom is 0.242 e. The van der Waals surface area contributed by atoms with Crippen molar-refractivity contribution in [3.8, 4) is 0 Å². The van der Waals surface area contributed by atoms with E-state index in [1.54, 1.807) is 4.68 Å². The molecular weight excluding hydrogens is 324 g/mol. The topological polar surface area (TPSA) is 59.8 Å². The number of amides is 1. The van der Waals surface area contributed by atoms with Gasteiger partial charge in [0.1, 0.15) is 12.1 Å². The van der Waals surface area contributed by atoms with Crippen LogP contribution in [0.2, 0.25) is 5.02 Å². The minimum absolute atomic E-state index is 0.0320. The second kappa shape index (κ2) is 6.24. The van der Waals surface area contributed by atoms with Gasteiger partial charge in [-0.05, 0) is 48.6 Å². The molecule has 5 nitrogen and oxygen atoms in total. The van der Waals surface area contributed by atoms with Crippen molar-refractivity contribution in [1.82, 2.24) is 20.3 Å². The fourth-order valence-corrected chi connectivity index (χ4v) is 3.09. The zero-order valence-electron chi connectivity index (χ0n) is 13.0. The van der Waals surface area contributed by atoms with Crippen molar-refractivity contribution in [3.63, 3.8) is 0 Å². The first-order chi connectivity index (χ1) is 11.7. The van der Waals surface area contributed by atoms with Crippen LogP contribution in [0.25, 0.3) is 11.0 Å². The maximum absolute atomic E-state index is 12.5. The lowest BCUT2D eigenvalue weighted by Crippen LogP contribution is -2.33. The van der Waals surface area contributed by atoms with Gasteiger partial charge in [-0.1, -0.05) is 41.1 Å². The minimum Gasteiger partial charge on any atom is -0.347 e. The summed E-state index contributed by atoms with van der Waals surface area (Å²) >= 11 is 5.96. The molecule has 2 aromatic carbocycles. The Morgan fingerprint density at radius 1 is 1.21 bits per heavy atom. The van der Waals surface area contributed by atoms with Gasteiger partial charge in [-0.3, -0.25) is 4.79 Å². The number of fused-ring (bicyclic) bond motifs is 1. The van der Waals surface area contributed by atoms with Crippen molar-refractivity contribution in [2.75, 3.05) is 0 Å². The van der Waals surface area contributed by atoms with Crippen LogP contribution in [0.3, 0.4) is 0 Å². The molecule has 1 aromatic heterocycles. The third-order valence-corrected chi connectivity index (χ3v) is 4.60. The lowest BCUT2D eigenvalue weighted by atomic mass is 10.0. The Hall–Kier alpha value is -2.40. The van der Waals surface area contributed by atoms with Gasteiger partial charge in [0.15, 0.2) is 0 Å². The third kappa shape index (κ3) is 3.12. The molecule has 1 N–H and O–H groups in total. The van der Waals surface area contributed by atoms with Gasteiger partial charge in [-0.2, -0.15) is 0 Å². The molecule has 1 aliphatic carbocycles. The molecule has 6 heteroatoms. The number of aromatic nitrogens is 3. The molecular formula is C18H17ClN4O. The molecule has 24 heavy (non-hydrogen) atoms. The number of rotatable bonds is 5. The molecule has 3 aromatic rings. The Kier molecular flexibility index (Phi) is 3.94. The summed E-state index contributed by atoms with van der Waals surface area (Å²) in [7, 11) is 0. The summed E-state index contributed by atoms with van der Waals surface area (Å²) in [5.41, 5.74) is 2.75. The van der Waals surface area contributed by atoms with E-state index in [9.17, 15) is 4.79 Å². The molecule has 0 aliphatic heterocycles. The zero-order valence-corrected chi connectivity index (χ0v) is 13.8. The highest BCUT2D eigenvalue weighted by Gasteiger charge is 2.33.